The topological polar surface area (TPSA) is 114 Å². The molecule has 120 valence electrons. The van der Waals surface area contributed by atoms with Gasteiger partial charge in [-0.2, -0.15) is 9.78 Å². The molecular formula is C15H10N4O4S. The first-order valence-electron chi connectivity index (χ1n) is 6.73. The van der Waals surface area contributed by atoms with E-state index in [-0.39, 0.29) is 21.8 Å². The third-order valence-electron chi connectivity index (χ3n) is 3.32. The van der Waals surface area contributed by atoms with Gasteiger partial charge in [-0.3, -0.25) is 14.9 Å². The summed E-state index contributed by atoms with van der Waals surface area (Å²) in [6.07, 6.45) is 1.14. The summed E-state index contributed by atoms with van der Waals surface area (Å²) in [5, 5.41) is 24.9. The van der Waals surface area contributed by atoms with Crippen molar-refractivity contribution in [2.24, 2.45) is 5.10 Å². The molecule has 0 aliphatic carbocycles. The molecule has 0 saturated heterocycles. The smallest absolute Gasteiger partial charge is 0.282 e. The molecule has 0 amide bonds. The quantitative estimate of drug-likeness (QED) is 0.329. The summed E-state index contributed by atoms with van der Waals surface area (Å²) in [6, 6.07) is 10.3. The van der Waals surface area contributed by atoms with Gasteiger partial charge in [-0.25, -0.2) is 0 Å². The number of H-pyrrole nitrogens is 1. The van der Waals surface area contributed by atoms with E-state index in [0.717, 1.165) is 17.0 Å². The van der Waals surface area contributed by atoms with Crippen LogP contribution in [0.1, 0.15) is 5.56 Å². The molecule has 0 atom stereocenters. The zero-order valence-corrected chi connectivity index (χ0v) is 12.9. The van der Waals surface area contributed by atoms with Crippen LogP contribution in [0.3, 0.4) is 0 Å². The summed E-state index contributed by atoms with van der Waals surface area (Å²) in [5.41, 5.74) is 0.0385. The minimum atomic E-state index is -0.592. The largest absolute Gasteiger partial charge is 0.507 e. The van der Waals surface area contributed by atoms with E-state index in [9.17, 15) is 20.0 Å². The van der Waals surface area contributed by atoms with Crippen molar-refractivity contribution >= 4 is 35.0 Å². The molecule has 1 aromatic heterocycles. The molecule has 3 aromatic rings. The number of nitrogens with zero attached hydrogens (tertiary/aromatic N) is 3. The van der Waals surface area contributed by atoms with Crippen molar-refractivity contribution in [3.63, 3.8) is 0 Å². The van der Waals surface area contributed by atoms with Gasteiger partial charge < -0.3 is 10.1 Å². The van der Waals surface area contributed by atoms with E-state index in [1.807, 2.05) is 0 Å². The number of para-hydroxylation sites is 1. The molecule has 0 bridgehead atoms. The predicted octanol–water partition coefficient (Wildman–Crippen LogP) is 2.56. The van der Waals surface area contributed by atoms with Crippen molar-refractivity contribution in [3.8, 4) is 5.75 Å². The molecule has 0 aliphatic heterocycles. The number of hydrogen-bond donors (Lipinski definition) is 2. The number of benzene rings is 2. The van der Waals surface area contributed by atoms with E-state index in [1.54, 1.807) is 24.3 Å². The van der Waals surface area contributed by atoms with Crippen LogP contribution in [-0.2, 0) is 0 Å². The van der Waals surface area contributed by atoms with Crippen molar-refractivity contribution < 1.29 is 10.0 Å². The minimum Gasteiger partial charge on any atom is -0.507 e. The van der Waals surface area contributed by atoms with Crippen LogP contribution in [0, 0.1) is 14.9 Å². The Balaban J connectivity index is 2.12. The third-order valence-corrected chi connectivity index (χ3v) is 3.59. The second kappa shape index (κ2) is 6.05. The molecule has 2 N–H and O–H groups in total. The summed E-state index contributed by atoms with van der Waals surface area (Å²) in [6.45, 7) is 0. The number of phenolic OH excluding ortho intramolecular Hbond substituents is 1. The van der Waals surface area contributed by atoms with Gasteiger partial charge in [-0.15, -0.1) is 0 Å². The van der Waals surface area contributed by atoms with Crippen LogP contribution in [0.2, 0.25) is 0 Å². The lowest BCUT2D eigenvalue weighted by Crippen LogP contribution is -2.18. The molecule has 2 aromatic carbocycles. The summed E-state index contributed by atoms with van der Waals surface area (Å²) < 4.78 is 1.02. The average Bonchev–Trinajstić information content (AvgIpc) is 2.56. The Morgan fingerprint density at radius 1 is 1.29 bits per heavy atom. The van der Waals surface area contributed by atoms with Gasteiger partial charge in [0.1, 0.15) is 5.75 Å². The number of aromatic hydroxyl groups is 1. The fraction of sp³-hybridized carbons (Fsp3) is 0. The van der Waals surface area contributed by atoms with E-state index in [1.165, 1.54) is 12.1 Å². The number of nitrogens with one attached hydrogen (secondary N) is 1. The highest BCUT2D eigenvalue weighted by Crippen LogP contribution is 2.21. The molecule has 3 rings (SSSR count). The van der Waals surface area contributed by atoms with Crippen LogP contribution >= 0.6 is 12.2 Å². The molecule has 0 aliphatic rings. The first-order valence-corrected chi connectivity index (χ1v) is 7.14. The monoisotopic (exact) mass is 342 g/mol. The maximum absolute atomic E-state index is 12.4. The average molecular weight is 342 g/mol. The zero-order chi connectivity index (χ0) is 17.3. The number of fused-ring (bicyclic) bond motifs is 1. The van der Waals surface area contributed by atoms with E-state index in [2.05, 4.69) is 10.1 Å². The van der Waals surface area contributed by atoms with Gasteiger partial charge in [0.2, 0.25) is 4.77 Å². The van der Waals surface area contributed by atoms with Crippen LogP contribution in [-0.4, -0.2) is 25.9 Å². The standard InChI is InChI=1S/C15H10N4O4S/c20-13-6-5-10(19(22)23)7-9(13)8-16-18-14(21)11-3-1-2-4-12(11)17-15(18)24/h1-8,20H,(H,17,24)/b16-8-. The lowest BCUT2D eigenvalue weighted by molar-refractivity contribution is -0.384. The SMILES string of the molecule is O=c1c2ccccc2[nH]c(=S)n1/N=C\c1cc([N+](=O)[O-])ccc1O. The molecule has 0 fully saturated rings. The maximum Gasteiger partial charge on any atom is 0.282 e. The molecule has 0 radical (unpaired) electrons. The molecule has 0 spiro atoms. The number of aromatic amines is 1. The summed E-state index contributed by atoms with van der Waals surface area (Å²) in [7, 11) is 0. The molecule has 1 heterocycles. The van der Waals surface area contributed by atoms with Gasteiger partial charge in [-0.05, 0) is 30.4 Å². The van der Waals surface area contributed by atoms with Gasteiger partial charge in [0.05, 0.1) is 22.0 Å². The maximum atomic E-state index is 12.4. The number of rotatable bonds is 3. The Bertz CT molecular complexity index is 1100. The highest BCUT2D eigenvalue weighted by atomic mass is 32.1. The highest BCUT2D eigenvalue weighted by Gasteiger charge is 2.09. The van der Waals surface area contributed by atoms with Crippen LogP contribution < -0.4 is 5.56 Å². The van der Waals surface area contributed by atoms with Gasteiger partial charge >= 0.3 is 0 Å². The van der Waals surface area contributed by atoms with E-state index in [0.29, 0.717) is 10.9 Å². The summed E-state index contributed by atoms with van der Waals surface area (Å²) in [5.74, 6) is -0.201. The number of phenols is 1. The second-order valence-corrected chi connectivity index (χ2v) is 5.22. The van der Waals surface area contributed by atoms with Crippen LogP contribution in [0.5, 0.6) is 5.75 Å². The van der Waals surface area contributed by atoms with Gasteiger partial charge in [-0.1, -0.05) is 12.1 Å². The fourth-order valence-corrected chi connectivity index (χ4v) is 2.38. The molecule has 8 nitrogen and oxygen atoms in total. The number of hydrogen-bond acceptors (Lipinski definition) is 6. The van der Waals surface area contributed by atoms with Crippen LogP contribution in [0.15, 0.2) is 52.4 Å². The Morgan fingerprint density at radius 2 is 2.04 bits per heavy atom. The Labute approximate surface area is 139 Å². The number of non-ortho nitro benzene ring substituents is 1. The molecule has 9 heteroatoms. The molecule has 0 saturated carbocycles. The van der Waals surface area contributed by atoms with Crippen LogP contribution in [0.25, 0.3) is 10.9 Å². The van der Waals surface area contributed by atoms with E-state index in [4.69, 9.17) is 12.2 Å². The summed E-state index contributed by atoms with van der Waals surface area (Å²) >= 11 is 5.11. The van der Waals surface area contributed by atoms with Crippen molar-refractivity contribution in [3.05, 3.63) is 73.3 Å². The highest BCUT2D eigenvalue weighted by molar-refractivity contribution is 7.71. The Kier molecular flexibility index (Phi) is 3.92. The van der Waals surface area contributed by atoms with Gasteiger partial charge in [0, 0.05) is 17.7 Å². The Morgan fingerprint density at radius 3 is 2.79 bits per heavy atom. The van der Waals surface area contributed by atoms with Crippen LogP contribution in [0.4, 0.5) is 5.69 Å². The minimum absolute atomic E-state index is 0.0693. The number of nitro benzene ring substituents is 1. The first kappa shape index (κ1) is 15.6. The van der Waals surface area contributed by atoms with Gasteiger partial charge in [0.25, 0.3) is 11.2 Å². The van der Waals surface area contributed by atoms with Crippen molar-refractivity contribution in [1.82, 2.24) is 9.66 Å². The fourth-order valence-electron chi connectivity index (χ4n) is 2.14. The van der Waals surface area contributed by atoms with Crippen molar-refractivity contribution in [1.29, 1.82) is 0 Å². The Hall–Kier alpha value is -3.33. The number of nitro groups is 1. The normalized spacial score (nSPS) is 11.2. The van der Waals surface area contributed by atoms with Crippen molar-refractivity contribution in [2.75, 3.05) is 0 Å². The molecule has 0 unspecified atom stereocenters. The van der Waals surface area contributed by atoms with E-state index >= 15 is 0 Å². The predicted molar refractivity (Wildman–Crippen MR) is 91.1 cm³/mol. The molecular weight excluding hydrogens is 332 g/mol. The number of aromatic nitrogens is 2. The lowest BCUT2D eigenvalue weighted by atomic mass is 10.2. The second-order valence-electron chi connectivity index (χ2n) is 4.84. The van der Waals surface area contributed by atoms with Crippen molar-refractivity contribution in [2.45, 2.75) is 0 Å². The zero-order valence-electron chi connectivity index (χ0n) is 12.0. The third kappa shape index (κ3) is 2.79. The first-order chi connectivity index (χ1) is 11.5. The van der Waals surface area contributed by atoms with E-state index < -0.39 is 10.5 Å². The van der Waals surface area contributed by atoms with Gasteiger partial charge in [0.15, 0.2) is 0 Å². The summed E-state index contributed by atoms with van der Waals surface area (Å²) in [4.78, 5) is 25.5. The molecule has 24 heavy (non-hydrogen) atoms. The lowest BCUT2D eigenvalue weighted by Gasteiger charge is -2.03.